The predicted molar refractivity (Wildman–Crippen MR) is 228 cm³/mol. The molecule has 0 bridgehead atoms. The van der Waals surface area contributed by atoms with Crippen LogP contribution in [0, 0.1) is 0 Å². The smallest absolute Gasteiger partial charge is 0.124 e. The van der Waals surface area contributed by atoms with Gasteiger partial charge in [0.1, 0.15) is 5.01 Å². The molecule has 0 saturated heterocycles. The number of thiazole rings is 1. The van der Waals surface area contributed by atoms with Gasteiger partial charge in [0, 0.05) is 63.0 Å². The minimum atomic E-state index is 1.06. The molecule has 0 saturated carbocycles. The number of thiophene rings is 2. The van der Waals surface area contributed by atoms with Crippen LogP contribution in [0.15, 0.2) is 170 Å². The molecule has 0 amide bonds. The number of nitrogens with zero attached hydrogens (tertiary/aromatic N) is 2. The van der Waals surface area contributed by atoms with Gasteiger partial charge in [-0.15, -0.1) is 34.0 Å². The third-order valence-electron chi connectivity index (χ3n) is 10.1. The lowest BCUT2D eigenvalue weighted by molar-refractivity contribution is 1.30. The van der Waals surface area contributed by atoms with E-state index in [0.29, 0.717) is 0 Å². The van der Waals surface area contributed by atoms with Gasteiger partial charge in [0.15, 0.2) is 0 Å². The first kappa shape index (κ1) is 29.8. The van der Waals surface area contributed by atoms with Crippen LogP contribution in [0.4, 0.5) is 17.1 Å². The Morgan fingerprint density at radius 3 is 1.94 bits per heavy atom. The first-order valence-electron chi connectivity index (χ1n) is 17.4. The number of aromatic nitrogens is 1. The molecule has 5 heteroatoms. The number of anilines is 3. The van der Waals surface area contributed by atoms with Gasteiger partial charge in [-0.25, -0.2) is 4.98 Å². The third-order valence-corrected chi connectivity index (χ3v) is 13.4. The molecule has 244 valence electrons. The van der Waals surface area contributed by atoms with Gasteiger partial charge >= 0.3 is 0 Å². The van der Waals surface area contributed by atoms with Crippen molar-refractivity contribution < 1.29 is 0 Å². The minimum Gasteiger partial charge on any atom is -0.310 e. The second-order valence-electron chi connectivity index (χ2n) is 13.1. The lowest BCUT2D eigenvalue weighted by Gasteiger charge is -2.26. The number of hydrogen-bond acceptors (Lipinski definition) is 5. The number of hydrogen-bond donors (Lipinski definition) is 0. The molecule has 0 N–H and O–H groups in total. The third kappa shape index (κ3) is 4.78. The van der Waals surface area contributed by atoms with E-state index in [9.17, 15) is 0 Å². The standard InChI is InChI=1S/C47H28N2S3/c1-2-10-31(11-3-1)47-48-46-43(52-47)26-25-42-45(46)39-27-33(22-24-41(39)50-42)49(34-21-23-38-37-14-6-7-16-40(37)51-44(38)28-34)32-19-17-30(18-20-32)36-15-8-12-29-9-4-5-13-35(29)36/h1-28H. The fourth-order valence-corrected chi connectivity index (χ4v) is 10.9. The molecule has 0 fully saturated rings. The number of fused-ring (bicyclic) bond motifs is 9. The van der Waals surface area contributed by atoms with Crippen molar-refractivity contribution in [3.05, 3.63) is 170 Å². The molecular formula is C47H28N2S3. The fourth-order valence-electron chi connectivity index (χ4n) is 7.65. The predicted octanol–water partition coefficient (Wildman–Crippen LogP) is 15.0. The normalized spacial score (nSPS) is 11.8. The first-order valence-corrected chi connectivity index (χ1v) is 19.8. The molecule has 52 heavy (non-hydrogen) atoms. The molecule has 0 spiro atoms. The Labute approximate surface area is 312 Å². The van der Waals surface area contributed by atoms with E-state index in [0.717, 1.165) is 33.1 Å². The maximum absolute atomic E-state index is 5.25. The summed E-state index contributed by atoms with van der Waals surface area (Å²) in [4.78, 5) is 7.67. The summed E-state index contributed by atoms with van der Waals surface area (Å²) in [5.74, 6) is 0. The Morgan fingerprint density at radius 2 is 1.04 bits per heavy atom. The van der Waals surface area contributed by atoms with Crippen LogP contribution in [0.1, 0.15) is 0 Å². The van der Waals surface area contributed by atoms with Crippen LogP contribution < -0.4 is 4.90 Å². The summed E-state index contributed by atoms with van der Waals surface area (Å²) in [6.45, 7) is 0. The second kappa shape index (κ2) is 11.9. The highest BCUT2D eigenvalue weighted by atomic mass is 32.1. The summed E-state index contributed by atoms with van der Waals surface area (Å²) in [6, 6.07) is 61.9. The van der Waals surface area contributed by atoms with Crippen LogP contribution >= 0.6 is 34.0 Å². The van der Waals surface area contributed by atoms with Gasteiger partial charge in [0.05, 0.1) is 10.2 Å². The molecule has 0 radical (unpaired) electrons. The Kier molecular flexibility index (Phi) is 6.80. The zero-order valence-corrected chi connectivity index (χ0v) is 30.2. The van der Waals surface area contributed by atoms with Crippen molar-refractivity contribution in [3.8, 4) is 21.7 Å². The highest BCUT2D eigenvalue weighted by molar-refractivity contribution is 7.26. The average molecular weight is 717 g/mol. The van der Waals surface area contributed by atoms with E-state index in [1.54, 1.807) is 11.3 Å². The largest absolute Gasteiger partial charge is 0.310 e. The molecular weight excluding hydrogens is 689 g/mol. The van der Waals surface area contributed by atoms with Gasteiger partial charge in [0.2, 0.25) is 0 Å². The maximum atomic E-state index is 5.25. The van der Waals surface area contributed by atoms with Gasteiger partial charge in [-0.1, -0.05) is 109 Å². The first-order chi connectivity index (χ1) is 25.7. The Balaban J connectivity index is 1.10. The van der Waals surface area contributed by atoms with Crippen molar-refractivity contribution in [2.24, 2.45) is 0 Å². The average Bonchev–Trinajstić information content (AvgIpc) is 3.91. The maximum Gasteiger partial charge on any atom is 0.124 e. The van der Waals surface area contributed by atoms with Gasteiger partial charge in [-0.2, -0.15) is 0 Å². The molecule has 11 aromatic rings. The van der Waals surface area contributed by atoms with Crippen LogP contribution in [-0.4, -0.2) is 4.98 Å². The molecule has 11 rings (SSSR count). The fraction of sp³-hybridized carbons (Fsp3) is 0. The van der Waals surface area contributed by atoms with Crippen molar-refractivity contribution in [2.45, 2.75) is 0 Å². The van der Waals surface area contributed by atoms with Crippen LogP contribution in [-0.2, 0) is 0 Å². The molecule has 2 nitrogen and oxygen atoms in total. The number of benzene rings is 8. The Bertz CT molecular complexity index is 3130. The van der Waals surface area contributed by atoms with E-state index in [2.05, 4.69) is 175 Å². The monoisotopic (exact) mass is 716 g/mol. The van der Waals surface area contributed by atoms with E-state index in [1.807, 2.05) is 22.7 Å². The highest BCUT2D eigenvalue weighted by Gasteiger charge is 2.19. The molecule has 0 aliphatic carbocycles. The zero-order valence-electron chi connectivity index (χ0n) is 27.8. The summed E-state index contributed by atoms with van der Waals surface area (Å²) in [6.07, 6.45) is 0. The zero-order chi connectivity index (χ0) is 34.2. The molecule has 8 aromatic carbocycles. The van der Waals surface area contributed by atoms with E-state index in [-0.39, 0.29) is 0 Å². The Morgan fingerprint density at radius 1 is 0.385 bits per heavy atom. The SMILES string of the molecule is c1ccc(-c2nc3c(ccc4sc5ccc(N(c6ccc(-c7cccc8ccccc78)cc6)c6ccc7c(c6)sc6ccccc67)cc5c43)s2)cc1. The molecule has 0 aliphatic rings. The summed E-state index contributed by atoms with van der Waals surface area (Å²) in [5, 5.41) is 8.68. The molecule has 0 atom stereocenters. The van der Waals surface area contributed by atoms with Gasteiger partial charge in [-0.05, 0) is 82.6 Å². The van der Waals surface area contributed by atoms with Crippen molar-refractivity contribution >= 4 is 112 Å². The Hall–Kier alpha value is -5.85. The van der Waals surface area contributed by atoms with E-state index in [4.69, 9.17) is 4.98 Å². The summed E-state index contributed by atoms with van der Waals surface area (Å²) in [7, 11) is 0. The van der Waals surface area contributed by atoms with Crippen molar-refractivity contribution in [1.29, 1.82) is 0 Å². The quantitative estimate of drug-likeness (QED) is 0.176. The highest BCUT2D eigenvalue weighted by Crippen LogP contribution is 2.46. The van der Waals surface area contributed by atoms with Gasteiger partial charge < -0.3 is 4.90 Å². The summed E-state index contributed by atoms with van der Waals surface area (Å²) >= 11 is 5.47. The molecule has 3 heterocycles. The van der Waals surface area contributed by atoms with E-state index < -0.39 is 0 Å². The van der Waals surface area contributed by atoms with Gasteiger partial charge in [-0.3, -0.25) is 0 Å². The van der Waals surface area contributed by atoms with Crippen LogP contribution in [0.3, 0.4) is 0 Å². The lowest BCUT2D eigenvalue weighted by Crippen LogP contribution is -2.09. The van der Waals surface area contributed by atoms with Crippen LogP contribution in [0.2, 0.25) is 0 Å². The topological polar surface area (TPSA) is 16.1 Å². The van der Waals surface area contributed by atoms with Gasteiger partial charge in [0.25, 0.3) is 0 Å². The molecule has 3 aromatic heterocycles. The van der Waals surface area contributed by atoms with Crippen molar-refractivity contribution in [3.63, 3.8) is 0 Å². The molecule has 0 aliphatic heterocycles. The molecule has 0 unspecified atom stereocenters. The number of rotatable bonds is 5. The van der Waals surface area contributed by atoms with Crippen LogP contribution in [0.5, 0.6) is 0 Å². The van der Waals surface area contributed by atoms with Crippen LogP contribution in [0.25, 0.3) is 83.0 Å². The minimum absolute atomic E-state index is 1.06. The lowest BCUT2D eigenvalue weighted by atomic mass is 9.98. The van der Waals surface area contributed by atoms with E-state index in [1.165, 1.54) is 66.9 Å². The van der Waals surface area contributed by atoms with E-state index >= 15 is 0 Å². The second-order valence-corrected chi connectivity index (χ2v) is 16.3. The summed E-state index contributed by atoms with van der Waals surface area (Å²) < 4.78 is 6.35. The van der Waals surface area contributed by atoms with Crippen molar-refractivity contribution in [2.75, 3.05) is 4.90 Å². The summed E-state index contributed by atoms with van der Waals surface area (Å²) in [5.41, 5.74) is 8.08. The van der Waals surface area contributed by atoms with Crippen molar-refractivity contribution in [1.82, 2.24) is 4.98 Å².